The standard InChI is InChI=1S/C8H14O3/c9-5-6-11-8(7-10)3-1-2-4-8/h1-2,9-10H,3-7H2. The smallest absolute Gasteiger partial charge is 0.0981 e. The van der Waals surface area contributed by atoms with Crippen LogP contribution in [-0.2, 0) is 4.74 Å². The molecule has 0 unspecified atom stereocenters. The lowest BCUT2D eigenvalue weighted by atomic mass is 10.0. The number of hydrogen-bond donors (Lipinski definition) is 2. The van der Waals surface area contributed by atoms with Crippen LogP contribution in [0.4, 0.5) is 0 Å². The molecule has 3 heteroatoms. The molecule has 1 aliphatic carbocycles. The van der Waals surface area contributed by atoms with Gasteiger partial charge in [0.15, 0.2) is 0 Å². The van der Waals surface area contributed by atoms with Crippen LogP contribution in [0.3, 0.4) is 0 Å². The minimum Gasteiger partial charge on any atom is -0.394 e. The fourth-order valence-electron chi connectivity index (χ4n) is 1.23. The van der Waals surface area contributed by atoms with Gasteiger partial charge in [0.05, 0.1) is 25.4 Å². The Balaban J connectivity index is 2.35. The molecule has 0 atom stereocenters. The fraction of sp³-hybridized carbons (Fsp3) is 0.750. The van der Waals surface area contributed by atoms with Crippen LogP contribution in [0.15, 0.2) is 12.2 Å². The van der Waals surface area contributed by atoms with Gasteiger partial charge < -0.3 is 14.9 Å². The van der Waals surface area contributed by atoms with E-state index in [2.05, 4.69) is 0 Å². The molecule has 1 aliphatic rings. The van der Waals surface area contributed by atoms with Crippen LogP contribution in [0, 0.1) is 0 Å². The van der Waals surface area contributed by atoms with Crippen molar-refractivity contribution in [1.29, 1.82) is 0 Å². The predicted molar refractivity (Wildman–Crippen MR) is 41.2 cm³/mol. The van der Waals surface area contributed by atoms with Gasteiger partial charge in [0, 0.05) is 0 Å². The Kier molecular flexibility index (Phi) is 3.05. The molecule has 0 aliphatic heterocycles. The first kappa shape index (κ1) is 8.71. The number of hydrogen-bond acceptors (Lipinski definition) is 3. The largest absolute Gasteiger partial charge is 0.394 e. The van der Waals surface area contributed by atoms with Gasteiger partial charge in [0.25, 0.3) is 0 Å². The molecule has 0 radical (unpaired) electrons. The molecule has 0 fully saturated rings. The third kappa shape index (κ3) is 2.02. The van der Waals surface area contributed by atoms with Gasteiger partial charge in [-0.25, -0.2) is 0 Å². The quantitative estimate of drug-likeness (QED) is 0.569. The molecule has 1 rings (SSSR count). The van der Waals surface area contributed by atoms with Crippen molar-refractivity contribution in [2.24, 2.45) is 0 Å². The van der Waals surface area contributed by atoms with Crippen LogP contribution in [-0.4, -0.2) is 35.6 Å². The van der Waals surface area contributed by atoms with E-state index in [1.807, 2.05) is 12.2 Å². The number of aliphatic hydroxyl groups is 2. The highest BCUT2D eigenvalue weighted by Crippen LogP contribution is 2.26. The second-order valence-corrected chi connectivity index (χ2v) is 2.79. The maximum absolute atomic E-state index is 9.00. The summed E-state index contributed by atoms with van der Waals surface area (Å²) < 4.78 is 5.33. The first-order valence-electron chi connectivity index (χ1n) is 3.84. The Hall–Kier alpha value is -0.380. The number of ether oxygens (including phenoxy) is 1. The van der Waals surface area contributed by atoms with E-state index in [0.717, 1.165) is 12.8 Å². The molecule has 0 saturated carbocycles. The summed E-state index contributed by atoms with van der Waals surface area (Å²) in [6.07, 6.45) is 5.49. The Morgan fingerprint density at radius 3 is 2.36 bits per heavy atom. The Morgan fingerprint density at radius 1 is 1.27 bits per heavy atom. The Bertz CT molecular complexity index is 134. The molecule has 3 nitrogen and oxygen atoms in total. The van der Waals surface area contributed by atoms with Crippen molar-refractivity contribution in [3.8, 4) is 0 Å². The lowest BCUT2D eigenvalue weighted by molar-refractivity contribution is -0.0802. The fourth-order valence-corrected chi connectivity index (χ4v) is 1.23. The molecule has 2 N–H and O–H groups in total. The average molecular weight is 158 g/mol. The van der Waals surface area contributed by atoms with Gasteiger partial charge in [-0.1, -0.05) is 12.2 Å². The maximum atomic E-state index is 9.00. The van der Waals surface area contributed by atoms with Crippen molar-refractivity contribution in [3.05, 3.63) is 12.2 Å². The second kappa shape index (κ2) is 3.85. The first-order chi connectivity index (χ1) is 5.33. The van der Waals surface area contributed by atoms with Crippen LogP contribution in [0.2, 0.25) is 0 Å². The highest BCUT2D eigenvalue weighted by Gasteiger charge is 2.30. The van der Waals surface area contributed by atoms with Crippen LogP contribution in [0.5, 0.6) is 0 Å². The number of rotatable bonds is 4. The maximum Gasteiger partial charge on any atom is 0.0981 e. The predicted octanol–water partition coefficient (Wildman–Crippen LogP) is 0.0764. The van der Waals surface area contributed by atoms with E-state index in [-0.39, 0.29) is 13.2 Å². The van der Waals surface area contributed by atoms with E-state index >= 15 is 0 Å². The van der Waals surface area contributed by atoms with Crippen molar-refractivity contribution in [2.45, 2.75) is 18.4 Å². The number of aliphatic hydroxyl groups excluding tert-OH is 2. The summed E-state index contributed by atoms with van der Waals surface area (Å²) in [6.45, 7) is 0.351. The van der Waals surface area contributed by atoms with E-state index in [1.165, 1.54) is 0 Å². The van der Waals surface area contributed by atoms with Gasteiger partial charge in [-0.05, 0) is 12.8 Å². The molecule has 0 bridgehead atoms. The van der Waals surface area contributed by atoms with Crippen molar-refractivity contribution < 1.29 is 14.9 Å². The minimum absolute atomic E-state index is 0.0156. The molecule has 0 aromatic carbocycles. The summed E-state index contributed by atoms with van der Waals surface area (Å²) in [6, 6.07) is 0. The van der Waals surface area contributed by atoms with Crippen LogP contribution >= 0.6 is 0 Å². The highest BCUT2D eigenvalue weighted by atomic mass is 16.5. The first-order valence-corrected chi connectivity index (χ1v) is 3.84. The van der Waals surface area contributed by atoms with Gasteiger partial charge in [0.2, 0.25) is 0 Å². The van der Waals surface area contributed by atoms with Crippen LogP contribution in [0.1, 0.15) is 12.8 Å². The van der Waals surface area contributed by atoms with Crippen LogP contribution < -0.4 is 0 Å². The molecule has 0 spiro atoms. The Morgan fingerprint density at radius 2 is 1.91 bits per heavy atom. The van der Waals surface area contributed by atoms with Crippen molar-refractivity contribution in [2.75, 3.05) is 19.8 Å². The summed E-state index contributed by atoms with van der Waals surface area (Å²) >= 11 is 0. The average Bonchev–Trinajstić information content (AvgIpc) is 2.50. The SMILES string of the molecule is OCCOC1(CO)CC=CC1. The molecular formula is C8H14O3. The molecule has 0 aromatic heterocycles. The van der Waals surface area contributed by atoms with E-state index < -0.39 is 5.60 Å². The molecule has 0 saturated heterocycles. The monoisotopic (exact) mass is 158 g/mol. The van der Waals surface area contributed by atoms with Gasteiger partial charge in [-0.2, -0.15) is 0 Å². The highest BCUT2D eigenvalue weighted by molar-refractivity contribution is 5.04. The third-order valence-electron chi connectivity index (χ3n) is 1.93. The molecule has 0 amide bonds. The molecule has 0 aromatic rings. The van der Waals surface area contributed by atoms with Gasteiger partial charge >= 0.3 is 0 Å². The summed E-state index contributed by atoms with van der Waals surface area (Å²) in [5.41, 5.74) is -0.428. The van der Waals surface area contributed by atoms with Crippen molar-refractivity contribution in [3.63, 3.8) is 0 Å². The normalized spacial score (nSPS) is 20.9. The molecule has 11 heavy (non-hydrogen) atoms. The van der Waals surface area contributed by atoms with Crippen LogP contribution in [0.25, 0.3) is 0 Å². The van der Waals surface area contributed by atoms with Gasteiger partial charge in [0.1, 0.15) is 0 Å². The summed E-state index contributed by atoms with van der Waals surface area (Å²) in [4.78, 5) is 0. The topological polar surface area (TPSA) is 49.7 Å². The molecular weight excluding hydrogens is 144 g/mol. The summed E-state index contributed by atoms with van der Waals surface area (Å²) in [5.74, 6) is 0. The van der Waals surface area contributed by atoms with Gasteiger partial charge in [-0.3, -0.25) is 0 Å². The zero-order valence-corrected chi connectivity index (χ0v) is 6.49. The molecule has 64 valence electrons. The summed E-state index contributed by atoms with van der Waals surface area (Å²) in [5, 5.41) is 17.5. The minimum atomic E-state index is -0.428. The van der Waals surface area contributed by atoms with Crippen molar-refractivity contribution >= 4 is 0 Å². The zero-order chi connectivity index (χ0) is 8.16. The Labute approximate surface area is 66.3 Å². The van der Waals surface area contributed by atoms with E-state index in [0.29, 0.717) is 6.61 Å². The molecule has 0 heterocycles. The lowest BCUT2D eigenvalue weighted by Gasteiger charge is -2.26. The van der Waals surface area contributed by atoms with E-state index in [9.17, 15) is 0 Å². The second-order valence-electron chi connectivity index (χ2n) is 2.79. The van der Waals surface area contributed by atoms with E-state index in [1.54, 1.807) is 0 Å². The third-order valence-corrected chi connectivity index (χ3v) is 1.93. The zero-order valence-electron chi connectivity index (χ0n) is 6.49. The van der Waals surface area contributed by atoms with Crippen molar-refractivity contribution in [1.82, 2.24) is 0 Å². The van der Waals surface area contributed by atoms with Gasteiger partial charge in [-0.15, -0.1) is 0 Å². The van der Waals surface area contributed by atoms with E-state index in [4.69, 9.17) is 14.9 Å². The lowest BCUT2D eigenvalue weighted by Crippen LogP contribution is -2.34. The summed E-state index contributed by atoms with van der Waals surface area (Å²) in [7, 11) is 0.